The van der Waals surface area contributed by atoms with Gasteiger partial charge >= 0.3 is 0 Å². The summed E-state index contributed by atoms with van der Waals surface area (Å²) in [7, 11) is 0. The number of alkyl halides is 2. The molecule has 4 heteroatoms. The molecule has 18 heavy (non-hydrogen) atoms. The first-order valence-electron chi connectivity index (χ1n) is 6.05. The molecule has 1 aliphatic carbocycles. The summed E-state index contributed by atoms with van der Waals surface area (Å²) in [6.07, 6.45) is -1.70. The van der Waals surface area contributed by atoms with Gasteiger partial charge in [-0.1, -0.05) is 20.8 Å². The van der Waals surface area contributed by atoms with Crippen molar-refractivity contribution in [3.63, 3.8) is 0 Å². The summed E-state index contributed by atoms with van der Waals surface area (Å²) in [4.78, 5) is 0. The largest absolute Gasteiger partial charge is 0.508 e. The third-order valence-electron chi connectivity index (χ3n) is 3.22. The Morgan fingerprint density at radius 2 is 1.89 bits per heavy atom. The zero-order valence-electron chi connectivity index (χ0n) is 10.8. The normalized spacial score (nSPS) is 17.9. The molecule has 0 saturated heterocycles. The van der Waals surface area contributed by atoms with E-state index in [0.717, 1.165) is 5.56 Å². The Hall–Kier alpha value is -1.32. The van der Waals surface area contributed by atoms with Gasteiger partial charge in [0.05, 0.1) is 0 Å². The maximum Gasteiger partial charge on any atom is 0.277 e. The number of phenolic OH excluding ortho intramolecular Hbond substituents is 1. The zero-order chi connectivity index (χ0) is 13.6. The van der Waals surface area contributed by atoms with E-state index in [1.54, 1.807) is 12.1 Å². The number of aromatic hydroxyl groups is 1. The van der Waals surface area contributed by atoms with Crippen LogP contribution >= 0.6 is 0 Å². The number of hydrogen-bond donors (Lipinski definition) is 1. The molecule has 2 nitrogen and oxygen atoms in total. The number of benzene rings is 1. The van der Waals surface area contributed by atoms with E-state index in [-0.39, 0.29) is 11.2 Å². The highest BCUT2D eigenvalue weighted by Crippen LogP contribution is 2.47. The van der Waals surface area contributed by atoms with Gasteiger partial charge in [0.15, 0.2) is 5.60 Å². The van der Waals surface area contributed by atoms with Crippen molar-refractivity contribution in [2.24, 2.45) is 0 Å². The Morgan fingerprint density at radius 1 is 1.28 bits per heavy atom. The molecule has 1 aliphatic rings. The van der Waals surface area contributed by atoms with Crippen LogP contribution in [0.3, 0.4) is 0 Å². The molecule has 0 aliphatic heterocycles. The summed E-state index contributed by atoms with van der Waals surface area (Å²) >= 11 is 0. The van der Waals surface area contributed by atoms with Crippen LogP contribution in [0.1, 0.15) is 39.2 Å². The number of ether oxygens (including phenoxy) is 1. The first-order chi connectivity index (χ1) is 8.24. The van der Waals surface area contributed by atoms with E-state index in [1.165, 1.54) is 6.07 Å². The molecule has 0 heterocycles. The van der Waals surface area contributed by atoms with E-state index in [1.807, 2.05) is 20.8 Å². The lowest BCUT2D eigenvalue weighted by Crippen LogP contribution is -2.28. The molecule has 1 saturated carbocycles. The molecule has 2 rings (SSSR count). The topological polar surface area (TPSA) is 29.5 Å². The number of phenols is 1. The molecule has 0 aromatic heterocycles. The minimum Gasteiger partial charge on any atom is -0.508 e. The summed E-state index contributed by atoms with van der Waals surface area (Å²) in [5, 5.41) is 9.52. The molecule has 0 radical (unpaired) electrons. The minimum absolute atomic E-state index is 0.120. The van der Waals surface area contributed by atoms with Crippen molar-refractivity contribution < 1.29 is 18.6 Å². The van der Waals surface area contributed by atoms with Gasteiger partial charge in [0.1, 0.15) is 11.5 Å². The van der Waals surface area contributed by atoms with Crippen LogP contribution in [0.5, 0.6) is 11.5 Å². The Bertz CT molecular complexity index is 446. The Labute approximate surface area is 106 Å². The number of halogens is 2. The minimum atomic E-state index is -2.47. The van der Waals surface area contributed by atoms with Crippen molar-refractivity contribution in [3.8, 4) is 11.5 Å². The second-order valence-electron chi connectivity index (χ2n) is 5.90. The lowest BCUT2D eigenvalue weighted by atomic mass is 9.86. The molecule has 0 atom stereocenters. The van der Waals surface area contributed by atoms with Gasteiger partial charge in [-0.15, -0.1) is 0 Å². The quantitative estimate of drug-likeness (QED) is 0.889. The molecule has 0 amide bonds. The Kier molecular flexibility index (Phi) is 2.99. The highest BCUT2D eigenvalue weighted by atomic mass is 19.3. The first-order valence-corrected chi connectivity index (χ1v) is 6.05. The summed E-state index contributed by atoms with van der Waals surface area (Å²) in [6, 6.07) is 4.61. The lowest BCUT2D eigenvalue weighted by Gasteiger charge is -2.26. The third-order valence-corrected chi connectivity index (χ3v) is 3.22. The highest BCUT2D eigenvalue weighted by molar-refractivity contribution is 5.44. The van der Waals surface area contributed by atoms with Crippen molar-refractivity contribution in [3.05, 3.63) is 23.8 Å². The molecule has 0 spiro atoms. The summed E-state index contributed by atoms with van der Waals surface area (Å²) in [5.74, 6) is 0.562. The van der Waals surface area contributed by atoms with E-state index in [2.05, 4.69) is 0 Å². The summed E-state index contributed by atoms with van der Waals surface area (Å²) in [5.41, 5.74) is -0.835. The predicted octanol–water partition coefficient (Wildman–Crippen LogP) is 3.87. The van der Waals surface area contributed by atoms with E-state index in [0.29, 0.717) is 18.6 Å². The lowest BCUT2D eigenvalue weighted by molar-refractivity contribution is -0.00789. The van der Waals surface area contributed by atoms with Crippen LogP contribution in [-0.2, 0) is 5.41 Å². The smallest absolute Gasteiger partial charge is 0.277 e. The van der Waals surface area contributed by atoms with Gasteiger partial charge in [0, 0.05) is 5.56 Å². The second-order valence-corrected chi connectivity index (χ2v) is 5.90. The number of rotatable bonds is 3. The van der Waals surface area contributed by atoms with Crippen LogP contribution < -0.4 is 4.74 Å². The molecule has 0 bridgehead atoms. The standard InChI is InChI=1S/C14H18F2O2/c1-13(2,3)10-8-9(17)4-5-11(10)18-14(6-7-14)12(15)16/h4-5,8,12,17H,6-7H2,1-3H3. The second kappa shape index (κ2) is 4.11. The van der Waals surface area contributed by atoms with Gasteiger partial charge in [-0.25, -0.2) is 8.78 Å². The fraction of sp³-hybridized carbons (Fsp3) is 0.571. The van der Waals surface area contributed by atoms with Gasteiger partial charge in [-0.2, -0.15) is 0 Å². The monoisotopic (exact) mass is 256 g/mol. The van der Waals surface area contributed by atoms with Crippen LogP contribution in [0.15, 0.2) is 18.2 Å². The van der Waals surface area contributed by atoms with E-state index < -0.39 is 12.0 Å². The van der Waals surface area contributed by atoms with Gasteiger partial charge in [0.25, 0.3) is 6.43 Å². The maximum absolute atomic E-state index is 12.9. The van der Waals surface area contributed by atoms with Crippen molar-refractivity contribution >= 4 is 0 Å². The summed E-state index contributed by atoms with van der Waals surface area (Å²) in [6.45, 7) is 5.86. The van der Waals surface area contributed by atoms with Crippen LogP contribution in [0, 0.1) is 0 Å². The van der Waals surface area contributed by atoms with Gasteiger partial charge in [-0.3, -0.25) is 0 Å². The van der Waals surface area contributed by atoms with Crippen molar-refractivity contribution in [2.45, 2.75) is 51.1 Å². The van der Waals surface area contributed by atoms with Crippen molar-refractivity contribution in [2.75, 3.05) is 0 Å². The predicted molar refractivity (Wildman–Crippen MR) is 65.4 cm³/mol. The fourth-order valence-corrected chi connectivity index (χ4v) is 1.90. The average molecular weight is 256 g/mol. The first kappa shape index (κ1) is 13.1. The van der Waals surface area contributed by atoms with Crippen LogP contribution in [-0.4, -0.2) is 17.1 Å². The molecule has 1 fully saturated rings. The Balaban J connectivity index is 2.34. The summed E-state index contributed by atoms with van der Waals surface area (Å²) < 4.78 is 31.3. The molecule has 1 N–H and O–H groups in total. The molecule has 1 aromatic rings. The fourth-order valence-electron chi connectivity index (χ4n) is 1.90. The maximum atomic E-state index is 12.9. The average Bonchev–Trinajstić information content (AvgIpc) is 3.00. The molecular weight excluding hydrogens is 238 g/mol. The Morgan fingerprint density at radius 3 is 2.33 bits per heavy atom. The molecule has 1 aromatic carbocycles. The molecule has 100 valence electrons. The SMILES string of the molecule is CC(C)(C)c1cc(O)ccc1OC1(C(F)F)CC1. The highest BCUT2D eigenvalue weighted by Gasteiger charge is 2.54. The van der Waals surface area contributed by atoms with Crippen molar-refractivity contribution in [1.29, 1.82) is 0 Å². The molecular formula is C14H18F2O2. The molecule has 0 unspecified atom stereocenters. The van der Waals surface area contributed by atoms with E-state index in [4.69, 9.17) is 4.74 Å². The van der Waals surface area contributed by atoms with Crippen LogP contribution in [0.4, 0.5) is 8.78 Å². The van der Waals surface area contributed by atoms with Crippen LogP contribution in [0.25, 0.3) is 0 Å². The van der Waals surface area contributed by atoms with E-state index >= 15 is 0 Å². The van der Waals surface area contributed by atoms with Gasteiger partial charge in [-0.05, 0) is 36.5 Å². The number of hydrogen-bond acceptors (Lipinski definition) is 2. The van der Waals surface area contributed by atoms with Crippen molar-refractivity contribution in [1.82, 2.24) is 0 Å². The zero-order valence-corrected chi connectivity index (χ0v) is 10.8. The van der Waals surface area contributed by atoms with E-state index in [9.17, 15) is 13.9 Å². The van der Waals surface area contributed by atoms with Crippen LogP contribution in [0.2, 0.25) is 0 Å². The third kappa shape index (κ3) is 2.42. The van der Waals surface area contributed by atoms with Gasteiger partial charge in [0.2, 0.25) is 0 Å². The van der Waals surface area contributed by atoms with Gasteiger partial charge < -0.3 is 9.84 Å².